The van der Waals surface area contributed by atoms with E-state index in [1.165, 1.54) is 0 Å². The van der Waals surface area contributed by atoms with Crippen LogP contribution in [0.1, 0.15) is 55.8 Å². The van der Waals surface area contributed by atoms with Gasteiger partial charge in [0.05, 0.1) is 11.7 Å². The number of halogens is 2. The minimum absolute atomic E-state index is 0.104. The molecule has 1 aliphatic heterocycles. The highest BCUT2D eigenvalue weighted by atomic mass is 19.2. The standard InChI is InChI=1S/C24H29F2N3O/c25-20-9-5-8-19(22(20)26)16-29-14-11-17(12-15-29)23(21-10-3-4-13-27-21)28-24(30)18-6-1-2-7-18/h3-5,8-10,13,17-18,23H,1-2,6-7,11-12,14-16H2,(H,28,30)/t23-/m1/s1. The topological polar surface area (TPSA) is 45.2 Å². The number of nitrogens with one attached hydrogen (secondary N) is 1. The fourth-order valence-electron chi connectivity index (χ4n) is 4.81. The van der Waals surface area contributed by atoms with Gasteiger partial charge in [0.2, 0.25) is 5.91 Å². The third-order valence-corrected chi connectivity index (χ3v) is 6.56. The molecule has 0 unspecified atom stereocenters. The highest BCUT2D eigenvalue weighted by Crippen LogP contribution is 2.32. The quantitative estimate of drug-likeness (QED) is 0.752. The van der Waals surface area contributed by atoms with Gasteiger partial charge in [-0.2, -0.15) is 0 Å². The molecule has 1 N–H and O–H groups in total. The summed E-state index contributed by atoms with van der Waals surface area (Å²) >= 11 is 0. The zero-order chi connectivity index (χ0) is 20.9. The van der Waals surface area contributed by atoms with Gasteiger partial charge in [0.1, 0.15) is 0 Å². The molecular weight excluding hydrogens is 384 g/mol. The molecule has 6 heteroatoms. The summed E-state index contributed by atoms with van der Waals surface area (Å²) in [5.74, 6) is -1.01. The summed E-state index contributed by atoms with van der Waals surface area (Å²) in [5.41, 5.74) is 1.29. The van der Waals surface area contributed by atoms with Crippen molar-refractivity contribution in [3.8, 4) is 0 Å². The number of hydrogen-bond donors (Lipinski definition) is 1. The normalized spacial score (nSPS) is 19.7. The molecule has 4 nitrogen and oxygen atoms in total. The van der Waals surface area contributed by atoms with Gasteiger partial charge in [-0.1, -0.05) is 31.0 Å². The molecule has 1 aromatic heterocycles. The highest BCUT2D eigenvalue weighted by Gasteiger charge is 2.32. The molecule has 1 saturated carbocycles. The molecule has 0 bridgehead atoms. The number of nitrogens with zero attached hydrogens (tertiary/aromatic N) is 2. The SMILES string of the molecule is O=C(N[C@@H](c1ccccn1)C1CCN(Cc2cccc(F)c2F)CC1)C1CCCC1. The van der Waals surface area contributed by atoms with Crippen molar-refractivity contribution in [2.45, 2.75) is 51.1 Å². The van der Waals surface area contributed by atoms with E-state index in [1.807, 2.05) is 18.2 Å². The van der Waals surface area contributed by atoms with Gasteiger partial charge >= 0.3 is 0 Å². The number of pyridine rings is 1. The van der Waals surface area contributed by atoms with Gasteiger partial charge in [0.15, 0.2) is 11.6 Å². The van der Waals surface area contributed by atoms with Crippen LogP contribution in [0, 0.1) is 23.5 Å². The molecule has 2 aliphatic rings. The molecule has 2 heterocycles. The minimum Gasteiger partial charge on any atom is -0.347 e. The van der Waals surface area contributed by atoms with Gasteiger partial charge in [0.25, 0.3) is 0 Å². The summed E-state index contributed by atoms with van der Waals surface area (Å²) < 4.78 is 27.5. The van der Waals surface area contributed by atoms with Gasteiger partial charge < -0.3 is 5.32 Å². The number of hydrogen-bond acceptors (Lipinski definition) is 3. The summed E-state index contributed by atoms with van der Waals surface area (Å²) in [6.45, 7) is 1.96. The first-order valence-electron chi connectivity index (χ1n) is 11.0. The van der Waals surface area contributed by atoms with Crippen LogP contribution < -0.4 is 5.32 Å². The Balaban J connectivity index is 1.41. The molecule has 1 aromatic carbocycles. The first kappa shape index (κ1) is 20.9. The molecule has 1 aliphatic carbocycles. The van der Waals surface area contributed by atoms with Gasteiger partial charge in [-0.15, -0.1) is 0 Å². The molecule has 1 amide bonds. The molecule has 0 radical (unpaired) electrons. The van der Waals surface area contributed by atoms with Crippen LogP contribution >= 0.6 is 0 Å². The van der Waals surface area contributed by atoms with Gasteiger partial charge in [-0.05, 0) is 62.9 Å². The molecule has 1 saturated heterocycles. The van der Waals surface area contributed by atoms with Gasteiger partial charge in [0, 0.05) is 24.2 Å². The Morgan fingerprint density at radius 3 is 2.53 bits per heavy atom. The number of likely N-dealkylation sites (tertiary alicyclic amines) is 1. The van der Waals surface area contributed by atoms with Crippen LogP contribution in [0.5, 0.6) is 0 Å². The zero-order valence-electron chi connectivity index (χ0n) is 17.2. The monoisotopic (exact) mass is 413 g/mol. The van der Waals surface area contributed by atoms with Crippen molar-refractivity contribution < 1.29 is 13.6 Å². The highest BCUT2D eigenvalue weighted by molar-refractivity contribution is 5.79. The minimum atomic E-state index is -0.799. The zero-order valence-corrected chi connectivity index (χ0v) is 17.2. The Hall–Kier alpha value is -2.34. The number of benzene rings is 1. The van der Waals surface area contributed by atoms with Crippen LogP contribution in [0.2, 0.25) is 0 Å². The van der Waals surface area contributed by atoms with Crippen molar-refractivity contribution in [1.82, 2.24) is 15.2 Å². The fourth-order valence-corrected chi connectivity index (χ4v) is 4.81. The first-order chi connectivity index (χ1) is 14.6. The molecule has 30 heavy (non-hydrogen) atoms. The maximum absolute atomic E-state index is 14.0. The maximum Gasteiger partial charge on any atom is 0.223 e. The van der Waals surface area contributed by atoms with Crippen LogP contribution in [0.25, 0.3) is 0 Å². The van der Waals surface area contributed by atoms with E-state index >= 15 is 0 Å². The Kier molecular flexibility index (Phi) is 6.72. The third kappa shape index (κ3) is 4.86. The van der Waals surface area contributed by atoms with Crippen molar-refractivity contribution in [2.75, 3.05) is 13.1 Å². The second kappa shape index (κ2) is 9.65. The lowest BCUT2D eigenvalue weighted by Gasteiger charge is -2.36. The van der Waals surface area contributed by atoms with E-state index in [1.54, 1.807) is 18.3 Å². The van der Waals surface area contributed by atoms with Crippen LogP contribution in [0.3, 0.4) is 0 Å². The molecular formula is C24H29F2N3O. The van der Waals surface area contributed by atoms with Crippen LogP contribution in [-0.4, -0.2) is 28.9 Å². The second-order valence-corrected chi connectivity index (χ2v) is 8.55. The van der Waals surface area contributed by atoms with Crippen molar-refractivity contribution in [1.29, 1.82) is 0 Å². The molecule has 1 atom stereocenters. The largest absolute Gasteiger partial charge is 0.347 e. The fraction of sp³-hybridized carbons (Fsp3) is 0.500. The molecule has 2 aromatic rings. The summed E-state index contributed by atoms with van der Waals surface area (Å²) in [6.07, 6.45) is 7.72. The lowest BCUT2D eigenvalue weighted by Crippen LogP contribution is -2.42. The second-order valence-electron chi connectivity index (χ2n) is 8.55. The van der Waals surface area contributed by atoms with E-state index in [0.717, 1.165) is 63.4 Å². The number of aromatic nitrogens is 1. The molecule has 2 fully saturated rings. The number of rotatable bonds is 6. The van der Waals surface area contributed by atoms with E-state index in [9.17, 15) is 13.6 Å². The van der Waals surface area contributed by atoms with E-state index in [2.05, 4.69) is 15.2 Å². The number of carbonyl (C=O) groups is 1. The third-order valence-electron chi connectivity index (χ3n) is 6.56. The summed E-state index contributed by atoms with van der Waals surface area (Å²) in [7, 11) is 0. The Bertz CT molecular complexity index is 847. The van der Waals surface area contributed by atoms with Crippen molar-refractivity contribution in [3.63, 3.8) is 0 Å². The number of piperidine rings is 1. The predicted octanol–water partition coefficient (Wildman–Crippen LogP) is 4.62. The Morgan fingerprint density at radius 1 is 1.07 bits per heavy atom. The molecule has 0 spiro atoms. The Labute approximate surface area is 176 Å². The van der Waals surface area contributed by atoms with Crippen LogP contribution in [0.15, 0.2) is 42.6 Å². The smallest absolute Gasteiger partial charge is 0.223 e. The Morgan fingerprint density at radius 2 is 1.83 bits per heavy atom. The van der Waals surface area contributed by atoms with Crippen molar-refractivity contribution in [2.24, 2.45) is 11.8 Å². The van der Waals surface area contributed by atoms with E-state index < -0.39 is 11.6 Å². The molecule has 160 valence electrons. The maximum atomic E-state index is 14.0. The summed E-state index contributed by atoms with van der Waals surface area (Å²) in [4.78, 5) is 19.5. The summed E-state index contributed by atoms with van der Waals surface area (Å²) in [5, 5.41) is 3.30. The van der Waals surface area contributed by atoms with Crippen molar-refractivity contribution >= 4 is 5.91 Å². The van der Waals surface area contributed by atoms with Crippen LogP contribution in [-0.2, 0) is 11.3 Å². The first-order valence-corrected chi connectivity index (χ1v) is 11.0. The number of carbonyl (C=O) groups excluding carboxylic acids is 1. The average Bonchev–Trinajstić information content (AvgIpc) is 3.32. The lowest BCUT2D eigenvalue weighted by molar-refractivity contribution is -0.126. The number of amides is 1. The lowest BCUT2D eigenvalue weighted by atomic mass is 9.86. The predicted molar refractivity (Wildman–Crippen MR) is 111 cm³/mol. The van der Waals surface area contributed by atoms with Gasteiger partial charge in [-0.3, -0.25) is 14.7 Å². The molecule has 4 rings (SSSR count). The van der Waals surface area contributed by atoms with Crippen molar-refractivity contribution in [3.05, 3.63) is 65.5 Å². The average molecular weight is 414 g/mol. The van der Waals surface area contributed by atoms with E-state index in [4.69, 9.17) is 0 Å². The van der Waals surface area contributed by atoms with Crippen LogP contribution in [0.4, 0.5) is 8.78 Å². The van der Waals surface area contributed by atoms with E-state index in [-0.39, 0.29) is 23.8 Å². The van der Waals surface area contributed by atoms with Gasteiger partial charge in [-0.25, -0.2) is 8.78 Å². The van der Waals surface area contributed by atoms with E-state index in [0.29, 0.717) is 12.1 Å². The summed E-state index contributed by atoms with van der Waals surface area (Å²) in [6, 6.07) is 10.1.